The number of nitrogens with zero attached hydrogens (tertiary/aromatic N) is 1. The molecular formula is C13H13BrN2O4. The smallest absolute Gasteiger partial charge is 0.328 e. The lowest BCUT2D eigenvalue weighted by atomic mass is 10.1. The molecule has 0 unspecified atom stereocenters. The maximum absolute atomic E-state index is 11.8. The van der Waals surface area contributed by atoms with Gasteiger partial charge in [0.25, 0.3) is 5.91 Å². The van der Waals surface area contributed by atoms with Crippen molar-refractivity contribution < 1.29 is 19.1 Å². The summed E-state index contributed by atoms with van der Waals surface area (Å²) in [6, 6.07) is 3.00. The summed E-state index contributed by atoms with van der Waals surface area (Å²) < 4.78 is 11.2. The van der Waals surface area contributed by atoms with Crippen LogP contribution in [0.1, 0.15) is 5.56 Å². The van der Waals surface area contributed by atoms with Crippen LogP contribution >= 0.6 is 15.9 Å². The SMILES string of the molecule is COc1cc(OC)c(/C=C2/NC(=O)N(C)C2=O)cc1Br. The third-order valence-electron chi connectivity index (χ3n) is 2.89. The number of nitrogens with one attached hydrogen (secondary N) is 1. The van der Waals surface area contributed by atoms with Gasteiger partial charge in [-0.3, -0.25) is 9.69 Å². The molecule has 1 aromatic carbocycles. The molecular weight excluding hydrogens is 328 g/mol. The third kappa shape index (κ3) is 2.49. The van der Waals surface area contributed by atoms with Crippen molar-refractivity contribution in [1.29, 1.82) is 0 Å². The van der Waals surface area contributed by atoms with E-state index >= 15 is 0 Å². The van der Waals surface area contributed by atoms with Gasteiger partial charge in [-0.15, -0.1) is 0 Å². The Morgan fingerprint density at radius 3 is 2.35 bits per heavy atom. The maximum Gasteiger partial charge on any atom is 0.328 e. The predicted octanol–water partition coefficient (Wildman–Crippen LogP) is 1.99. The number of likely N-dealkylation sites (N-methyl/N-ethyl adjacent to an activating group) is 1. The highest BCUT2D eigenvalue weighted by molar-refractivity contribution is 9.10. The van der Waals surface area contributed by atoms with Crippen LogP contribution in [0, 0.1) is 0 Å². The van der Waals surface area contributed by atoms with E-state index in [2.05, 4.69) is 21.2 Å². The second-order valence-electron chi connectivity index (χ2n) is 4.08. The Bertz CT molecular complexity index is 613. The van der Waals surface area contributed by atoms with E-state index in [0.717, 1.165) is 9.37 Å². The van der Waals surface area contributed by atoms with E-state index < -0.39 is 6.03 Å². The van der Waals surface area contributed by atoms with Crippen molar-refractivity contribution in [3.63, 3.8) is 0 Å². The summed E-state index contributed by atoms with van der Waals surface area (Å²) >= 11 is 3.37. The van der Waals surface area contributed by atoms with Crippen LogP contribution in [0.2, 0.25) is 0 Å². The molecule has 2 rings (SSSR count). The highest BCUT2D eigenvalue weighted by Gasteiger charge is 2.30. The summed E-state index contributed by atoms with van der Waals surface area (Å²) in [5.74, 6) is 0.765. The number of imide groups is 1. The Balaban J connectivity index is 2.46. The number of halogens is 1. The number of benzene rings is 1. The van der Waals surface area contributed by atoms with E-state index in [0.29, 0.717) is 17.1 Å². The van der Waals surface area contributed by atoms with Crippen molar-refractivity contribution in [2.75, 3.05) is 21.3 Å². The van der Waals surface area contributed by atoms with Crippen LogP contribution in [0.3, 0.4) is 0 Å². The molecule has 0 radical (unpaired) electrons. The van der Waals surface area contributed by atoms with E-state index in [9.17, 15) is 9.59 Å². The van der Waals surface area contributed by atoms with Crippen LogP contribution in [0.15, 0.2) is 22.3 Å². The first-order valence-corrected chi connectivity index (χ1v) is 6.49. The number of methoxy groups -OCH3 is 2. The lowest BCUT2D eigenvalue weighted by Crippen LogP contribution is -2.25. The van der Waals surface area contributed by atoms with Crippen LogP contribution in [0.25, 0.3) is 6.08 Å². The van der Waals surface area contributed by atoms with Crippen molar-refractivity contribution in [3.8, 4) is 11.5 Å². The van der Waals surface area contributed by atoms with Crippen molar-refractivity contribution in [2.45, 2.75) is 0 Å². The fraction of sp³-hybridized carbons (Fsp3) is 0.231. The van der Waals surface area contributed by atoms with Gasteiger partial charge in [0.15, 0.2) is 0 Å². The number of rotatable bonds is 3. The number of ether oxygens (including phenoxy) is 2. The van der Waals surface area contributed by atoms with Crippen molar-refractivity contribution in [2.24, 2.45) is 0 Å². The molecule has 1 aliphatic heterocycles. The Morgan fingerprint density at radius 1 is 1.20 bits per heavy atom. The maximum atomic E-state index is 11.8. The van der Waals surface area contributed by atoms with Gasteiger partial charge in [-0.05, 0) is 28.1 Å². The molecule has 0 aliphatic carbocycles. The predicted molar refractivity (Wildman–Crippen MR) is 76.5 cm³/mol. The average Bonchev–Trinajstić information content (AvgIpc) is 2.67. The molecule has 1 saturated heterocycles. The Morgan fingerprint density at radius 2 is 1.85 bits per heavy atom. The van der Waals surface area contributed by atoms with Crippen LogP contribution < -0.4 is 14.8 Å². The summed E-state index contributed by atoms with van der Waals surface area (Å²) in [7, 11) is 4.49. The second-order valence-corrected chi connectivity index (χ2v) is 4.94. The van der Waals surface area contributed by atoms with Gasteiger partial charge in [-0.25, -0.2) is 4.79 Å². The van der Waals surface area contributed by atoms with Gasteiger partial charge in [0.05, 0.1) is 18.7 Å². The molecule has 0 spiro atoms. The summed E-state index contributed by atoms with van der Waals surface area (Å²) in [5, 5.41) is 2.50. The minimum atomic E-state index is -0.451. The summed E-state index contributed by atoms with van der Waals surface area (Å²) in [6.45, 7) is 0. The van der Waals surface area contributed by atoms with E-state index in [1.165, 1.54) is 14.2 Å². The zero-order valence-electron chi connectivity index (χ0n) is 11.2. The molecule has 6 nitrogen and oxygen atoms in total. The van der Waals surface area contributed by atoms with Crippen molar-refractivity contribution >= 4 is 33.9 Å². The van der Waals surface area contributed by atoms with Crippen LogP contribution in [0.4, 0.5) is 4.79 Å². The second kappa shape index (κ2) is 5.54. The van der Waals surface area contributed by atoms with Crippen molar-refractivity contribution in [1.82, 2.24) is 10.2 Å². The minimum absolute atomic E-state index is 0.202. The molecule has 0 bridgehead atoms. The van der Waals surface area contributed by atoms with E-state index in [-0.39, 0.29) is 11.6 Å². The first-order valence-electron chi connectivity index (χ1n) is 5.70. The number of amides is 3. The molecule has 1 aliphatic rings. The van der Waals surface area contributed by atoms with Gasteiger partial charge in [0, 0.05) is 18.7 Å². The summed E-state index contributed by atoms with van der Waals surface area (Å²) in [5.41, 5.74) is 0.854. The van der Waals surface area contributed by atoms with E-state index in [4.69, 9.17) is 9.47 Å². The summed E-state index contributed by atoms with van der Waals surface area (Å²) in [4.78, 5) is 24.2. The molecule has 1 heterocycles. The van der Waals surface area contributed by atoms with E-state index in [1.807, 2.05) is 0 Å². The molecule has 106 valence electrons. The standard InChI is InChI=1S/C13H13BrN2O4/c1-16-12(17)9(15-13(16)18)5-7-4-8(14)11(20-3)6-10(7)19-2/h4-6H,1-3H3,(H,15,18)/b9-5+. The third-order valence-corrected chi connectivity index (χ3v) is 3.50. The van der Waals surface area contributed by atoms with Crippen LogP contribution in [-0.4, -0.2) is 38.1 Å². The molecule has 0 atom stereocenters. The normalized spacial score (nSPS) is 16.6. The average molecular weight is 341 g/mol. The minimum Gasteiger partial charge on any atom is -0.496 e. The highest BCUT2D eigenvalue weighted by Crippen LogP contribution is 2.34. The molecule has 1 N–H and O–H groups in total. The number of hydrogen-bond acceptors (Lipinski definition) is 4. The first kappa shape index (κ1) is 14.4. The van der Waals surface area contributed by atoms with Gasteiger partial charge in [-0.2, -0.15) is 0 Å². The Kier molecular flexibility index (Phi) is 3.99. The molecule has 1 fully saturated rings. The lowest BCUT2D eigenvalue weighted by Gasteiger charge is -2.10. The highest BCUT2D eigenvalue weighted by atomic mass is 79.9. The lowest BCUT2D eigenvalue weighted by molar-refractivity contribution is -0.121. The fourth-order valence-corrected chi connectivity index (χ4v) is 2.30. The van der Waals surface area contributed by atoms with Gasteiger partial charge < -0.3 is 14.8 Å². The van der Waals surface area contributed by atoms with Gasteiger partial charge in [0.1, 0.15) is 17.2 Å². The summed E-state index contributed by atoms with van der Waals surface area (Å²) in [6.07, 6.45) is 1.56. The van der Waals surface area contributed by atoms with Crippen LogP contribution in [0.5, 0.6) is 11.5 Å². The van der Waals surface area contributed by atoms with Gasteiger partial charge in [-0.1, -0.05) is 0 Å². The quantitative estimate of drug-likeness (QED) is 0.674. The molecule has 7 heteroatoms. The monoisotopic (exact) mass is 340 g/mol. The topological polar surface area (TPSA) is 67.9 Å². The molecule has 3 amide bonds. The molecule has 1 aromatic rings. The molecule has 0 aromatic heterocycles. The number of hydrogen-bond donors (Lipinski definition) is 1. The fourth-order valence-electron chi connectivity index (χ4n) is 1.77. The number of carbonyl (C=O) groups is 2. The zero-order valence-corrected chi connectivity index (χ0v) is 12.8. The zero-order chi connectivity index (χ0) is 14.9. The Hall–Kier alpha value is -2.02. The van der Waals surface area contributed by atoms with Gasteiger partial charge in [0.2, 0.25) is 0 Å². The number of urea groups is 1. The molecule has 0 saturated carbocycles. The first-order chi connectivity index (χ1) is 9.47. The molecule has 20 heavy (non-hydrogen) atoms. The largest absolute Gasteiger partial charge is 0.496 e. The number of carbonyl (C=O) groups excluding carboxylic acids is 2. The van der Waals surface area contributed by atoms with Crippen LogP contribution in [-0.2, 0) is 4.79 Å². The Labute approximate surface area is 124 Å². The van der Waals surface area contributed by atoms with E-state index in [1.54, 1.807) is 25.3 Å². The van der Waals surface area contributed by atoms with Gasteiger partial charge >= 0.3 is 6.03 Å². The van der Waals surface area contributed by atoms with Crippen molar-refractivity contribution in [3.05, 3.63) is 27.9 Å².